The molecule has 6 heteroatoms. The molecule has 0 aromatic heterocycles. The van der Waals surface area contributed by atoms with Gasteiger partial charge in [0.1, 0.15) is 0 Å². The Bertz CT molecular complexity index is 745. The van der Waals surface area contributed by atoms with Gasteiger partial charge in [0.2, 0.25) is 10.0 Å². The summed E-state index contributed by atoms with van der Waals surface area (Å²) in [5, 5.41) is 0.582. The highest BCUT2D eigenvalue weighted by Gasteiger charge is 2.17. The van der Waals surface area contributed by atoms with Crippen molar-refractivity contribution in [1.29, 1.82) is 0 Å². The Hall–Kier alpha value is -1.40. The largest absolute Gasteiger partial charge is 0.375 e. The van der Waals surface area contributed by atoms with Crippen LogP contribution in [0.2, 0.25) is 5.02 Å². The van der Waals surface area contributed by atoms with Gasteiger partial charge in [0.15, 0.2) is 0 Å². The second-order valence-electron chi connectivity index (χ2n) is 5.31. The predicted molar refractivity (Wildman–Crippen MR) is 93.0 cm³/mol. The van der Waals surface area contributed by atoms with E-state index in [0.29, 0.717) is 10.6 Å². The first kappa shape index (κ1) is 17.9. The van der Waals surface area contributed by atoms with Crippen LogP contribution in [0, 0.1) is 6.92 Å². The molecule has 0 amide bonds. The Balaban J connectivity index is 2.02. The monoisotopic (exact) mass is 353 g/mol. The molecule has 2 aromatic carbocycles. The number of hydrogen-bond donors (Lipinski definition) is 1. The van der Waals surface area contributed by atoms with Crippen LogP contribution >= 0.6 is 11.6 Å². The Kier molecular flexibility index (Phi) is 6.18. The van der Waals surface area contributed by atoms with Gasteiger partial charge in [0.25, 0.3) is 0 Å². The molecule has 1 atom stereocenters. The van der Waals surface area contributed by atoms with Crippen LogP contribution in [-0.2, 0) is 20.5 Å². The van der Waals surface area contributed by atoms with Crippen molar-refractivity contribution in [2.75, 3.05) is 13.7 Å². The molecule has 1 unspecified atom stereocenters. The van der Waals surface area contributed by atoms with Gasteiger partial charge in [-0.2, -0.15) is 0 Å². The lowest BCUT2D eigenvalue weighted by Crippen LogP contribution is -2.30. The van der Waals surface area contributed by atoms with Gasteiger partial charge in [-0.05, 0) is 35.7 Å². The van der Waals surface area contributed by atoms with E-state index in [0.717, 1.165) is 11.1 Å². The number of hydrogen-bond acceptors (Lipinski definition) is 3. The lowest BCUT2D eigenvalue weighted by Gasteiger charge is -2.18. The zero-order chi connectivity index (χ0) is 16.9. The second kappa shape index (κ2) is 7.93. The van der Waals surface area contributed by atoms with E-state index in [-0.39, 0.29) is 18.4 Å². The Morgan fingerprint density at radius 2 is 1.78 bits per heavy atom. The van der Waals surface area contributed by atoms with E-state index in [9.17, 15) is 8.42 Å². The number of methoxy groups -OCH3 is 1. The quantitative estimate of drug-likeness (QED) is 0.829. The fraction of sp³-hybridized carbons (Fsp3) is 0.294. The van der Waals surface area contributed by atoms with Crippen molar-refractivity contribution >= 4 is 21.6 Å². The molecule has 1 N–H and O–H groups in total. The van der Waals surface area contributed by atoms with Crippen molar-refractivity contribution in [2.45, 2.75) is 18.8 Å². The highest BCUT2D eigenvalue weighted by atomic mass is 35.5. The summed E-state index contributed by atoms with van der Waals surface area (Å²) in [6, 6.07) is 14.5. The first-order chi connectivity index (χ1) is 10.9. The van der Waals surface area contributed by atoms with Crippen LogP contribution in [0.5, 0.6) is 0 Å². The molecule has 0 aliphatic heterocycles. The highest BCUT2D eigenvalue weighted by Crippen LogP contribution is 2.20. The number of benzene rings is 2. The van der Waals surface area contributed by atoms with Crippen LogP contribution in [-0.4, -0.2) is 22.1 Å². The average molecular weight is 354 g/mol. The molecule has 0 fully saturated rings. The summed E-state index contributed by atoms with van der Waals surface area (Å²) in [5.74, 6) is -0.0889. The first-order valence-corrected chi connectivity index (χ1v) is 9.24. The molecule has 0 saturated heterocycles. The second-order valence-corrected chi connectivity index (χ2v) is 7.56. The maximum absolute atomic E-state index is 12.2. The number of sulfonamides is 1. The first-order valence-electron chi connectivity index (χ1n) is 7.21. The van der Waals surface area contributed by atoms with Crippen LogP contribution in [0.15, 0.2) is 48.5 Å². The topological polar surface area (TPSA) is 55.4 Å². The van der Waals surface area contributed by atoms with E-state index in [1.165, 1.54) is 0 Å². The molecule has 2 rings (SSSR count). The lowest BCUT2D eigenvalue weighted by atomic mass is 10.0. The fourth-order valence-electron chi connectivity index (χ4n) is 2.32. The maximum Gasteiger partial charge on any atom is 0.215 e. The average Bonchev–Trinajstić information content (AvgIpc) is 2.51. The normalized spacial score (nSPS) is 13.0. The van der Waals surface area contributed by atoms with E-state index in [1.807, 2.05) is 31.2 Å². The molecule has 23 heavy (non-hydrogen) atoms. The van der Waals surface area contributed by atoms with E-state index in [1.54, 1.807) is 31.4 Å². The summed E-state index contributed by atoms with van der Waals surface area (Å²) < 4.78 is 32.5. The summed E-state index contributed by atoms with van der Waals surface area (Å²) in [6.45, 7) is 2.17. The van der Waals surface area contributed by atoms with Crippen molar-refractivity contribution in [3.05, 3.63) is 70.2 Å². The summed E-state index contributed by atoms with van der Waals surface area (Å²) in [5.41, 5.74) is 2.73. The number of halogens is 1. The molecule has 0 bridgehead atoms. The highest BCUT2D eigenvalue weighted by molar-refractivity contribution is 7.88. The van der Waals surface area contributed by atoms with Crippen molar-refractivity contribution < 1.29 is 13.2 Å². The zero-order valence-corrected chi connectivity index (χ0v) is 14.7. The lowest BCUT2D eigenvalue weighted by molar-refractivity contribution is 0.107. The number of ether oxygens (including phenoxy) is 1. The predicted octanol–water partition coefficient (Wildman–Crippen LogP) is 3.46. The van der Waals surface area contributed by atoms with Crippen molar-refractivity contribution in [1.82, 2.24) is 4.72 Å². The van der Waals surface area contributed by atoms with Crippen LogP contribution in [0.1, 0.15) is 22.8 Å². The third-order valence-corrected chi connectivity index (χ3v) is 5.15. The van der Waals surface area contributed by atoms with Gasteiger partial charge in [-0.1, -0.05) is 48.0 Å². The molecule has 124 valence electrons. The van der Waals surface area contributed by atoms with Crippen LogP contribution < -0.4 is 4.72 Å². The molecule has 4 nitrogen and oxygen atoms in total. The molecular formula is C17H20ClNO3S. The van der Waals surface area contributed by atoms with Gasteiger partial charge in [0.05, 0.1) is 11.9 Å². The van der Waals surface area contributed by atoms with E-state index < -0.39 is 10.0 Å². The number of nitrogens with one attached hydrogen (secondary N) is 1. The van der Waals surface area contributed by atoms with Crippen molar-refractivity contribution in [3.63, 3.8) is 0 Å². The SMILES string of the molecule is COC(CNS(=O)(=O)Cc1ccc(Cl)cc1)c1ccccc1C. The Labute approximate surface area is 142 Å². The Morgan fingerprint density at radius 1 is 1.13 bits per heavy atom. The fourth-order valence-corrected chi connectivity index (χ4v) is 3.59. The van der Waals surface area contributed by atoms with Gasteiger partial charge >= 0.3 is 0 Å². The summed E-state index contributed by atoms with van der Waals surface area (Å²) in [6.07, 6.45) is -0.323. The van der Waals surface area contributed by atoms with Crippen LogP contribution in [0.4, 0.5) is 0 Å². The number of aryl methyl sites for hydroxylation is 1. The Morgan fingerprint density at radius 3 is 2.39 bits per heavy atom. The van der Waals surface area contributed by atoms with E-state index in [2.05, 4.69) is 4.72 Å². The minimum Gasteiger partial charge on any atom is -0.375 e. The van der Waals surface area contributed by atoms with Crippen LogP contribution in [0.3, 0.4) is 0 Å². The zero-order valence-electron chi connectivity index (χ0n) is 13.1. The molecule has 0 aliphatic rings. The standard InChI is InChI=1S/C17H20ClNO3S/c1-13-5-3-4-6-16(13)17(22-2)11-19-23(20,21)12-14-7-9-15(18)10-8-14/h3-10,17,19H,11-12H2,1-2H3. The summed E-state index contributed by atoms with van der Waals surface area (Å²) in [7, 11) is -1.87. The van der Waals surface area contributed by atoms with Crippen molar-refractivity contribution in [3.8, 4) is 0 Å². The van der Waals surface area contributed by atoms with E-state index in [4.69, 9.17) is 16.3 Å². The van der Waals surface area contributed by atoms with Gasteiger partial charge in [-0.15, -0.1) is 0 Å². The van der Waals surface area contributed by atoms with E-state index >= 15 is 0 Å². The van der Waals surface area contributed by atoms with Crippen LogP contribution in [0.25, 0.3) is 0 Å². The van der Waals surface area contributed by atoms with Gasteiger partial charge in [-0.3, -0.25) is 0 Å². The molecule has 0 spiro atoms. The molecule has 0 heterocycles. The molecule has 2 aromatic rings. The van der Waals surface area contributed by atoms with Gasteiger partial charge in [0, 0.05) is 18.7 Å². The molecule has 0 radical (unpaired) electrons. The summed E-state index contributed by atoms with van der Waals surface area (Å²) in [4.78, 5) is 0. The van der Waals surface area contributed by atoms with Gasteiger partial charge < -0.3 is 4.74 Å². The molecule has 0 aliphatic carbocycles. The van der Waals surface area contributed by atoms with Crippen molar-refractivity contribution in [2.24, 2.45) is 0 Å². The maximum atomic E-state index is 12.2. The smallest absolute Gasteiger partial charge is 0.215 e. The minimum absolute atomic E-state index is 0.0889. The third-order valence-electron chi connectivity index (χ3n) is 3.58. The molecule has 0 saturated carbocycles. The number of rotatable bonds is 7. The summed E-state index contributed by atoms with van der Waals surface area (Å²) >= 11 is 5.81. The third kappa shape index (κ3) is 5.32. The minimum atomic E-state index is -3.45. The van der Waals surface area contributed by atoms with Gasteiger partial charge in [-0.25, -0.2) is 13.1 Å². The molecular weight excluding hydrogens is 334 g/mol.